The fourth-order valence-corrected chi connectivity index (χ4v) is 1.47. The van der Waals surface area contributed by atoms with Crippen molar-refractivity contribution in [2.24, 2.45) is 7.05 Å². The second-order valence-corrected chi connectivity index (χ2v) is 3.62. The third kappa shape index (κ3) is 2.24. The Kier molecular flexibility index (Phi) is 3.13. The van der Waals surface area contributed by atoms with Crippen molar-refractivity contribution in [2.75, 3.05) is 18.2 Å². The second-order valence-electron chi connectivity index (χ2n) is 3.62. The number of nitrogen functional groups attached to an aromatic ring is 1. The van der Waals surface area contributed by atoms with E-state index in [4.69, 9.17) is 15.9 Å². The Labute approximate surface area is 104 Å². The number of nitrogens with one attached hydrogen (secondary N) is 2. The van der Waals surface area contributed by atoms with E-state index in [1.807, 2.05) is 24.3 Å². The minimum Gasteiger partial charge on any atom is -0.495 e. The van der Waals surface area contributed by atoms with Crippen molar-refractivity contribution in [2.45, 2.75) is 0 Å². The Hall–Kier alpha value is -2.57. The van der Waals surface area contributed by atoms with Crippen LogP contribution in [0.15, 0.2) is 24.3 Å². The SMILES string of the molecule is COc1ccccc1Nc1nc(N)c(=N)n(C)n1. The highest BCUT2D eigenvalue weighted by atomic mass is 16.5. The molecule has 0 fully saturated rings. The van der Waals surface area contributed by atoms with Gasteiger partial charge in [0.25, 0.3) is 0 Å². The van der Waals surface area contributed by atoms with Gasteiger partial charge in [-0.15, -0.1) is 5.10 Å². The quantitative estimate of drug-likeness (QED) is 0.737. The molecule has 0 saturated heterocycles. The molecule has 2 aromatic rings. The Balaban J connectivity index is 2.37. The van der Waals surface area contributed by atoms with E-state index in [1.54, 1.807) is 14.2 Å². The van der Waals surface area contributed by atoms with Gasteiger partial charge in [-0.1, -0.05) is 12.1 Å². The van der Waals surface area contributed by atoms with E-state index in [2.05, 4.69) is 15.4 Å². The van der Waals surface area contributed by atoms with Gasteiger partial charge in [-0.2, -0.15) is 4.98 Å². The summed E-state index contributed by atoms with van der Waals surface area (Å²) in [5.41, 5.74) is 6.42. The number of nitrogens with zero attached hydrogens (tertiary/aromatic N) is 3. The lowest BCUT2D eigenvalue weighted by Gasteiger charge is -2.10. The molecule has 7 nitrogen and oxygen atoms in total. The predicted molar refractivity (Wildman–Crippen MR) is 67.5 cm³/mol. The summed E-state index contributed by atoms with van der Waals surface area (Å²) in [5.74, 6) is 1.11. The standard InChI is InChI=1S/C11H14N6O/c1-17-10(13)9(12)15-11(16-17)14-7-5-3-4-6-8(7)18-2/h3-6,13H,1-2H3,(H3,12,14,15,16). The summed E-state index contributed by atoms with van der Waals surface area (Å²) in [6.07, 6.45) is 0. The molecule has 7 heteroatoms. The van der Waals surface area contributed by atoms with Crippen LogP contribution in [0.25, 0.3) is 0 Å². The van der Waals surface area contributed by atoms with Crippen molar-refractivity contribution in [3.63, 3.8) is 0 Å². The first kappa shape index (κ1) is 11.9. The number of benzene rings is 1. The molecule has 0 aliphatic carbocycles. The normalized spacial score (nSPS) is 10.1. The predicted octanol–water partition coefficient (Wildman–Crippen LogP) is 0.629. The number of hydrogen-bond donors (Lipinski definition) is 3. The van der Waals surface area contributed by atoms with Crippen LogP contribution in [0.4, 0.5) is 17.5 Å². The molecule has 1 heterocycles. The summed E-state index contributed by atoms with van der Waals surface area (Å²) >= 11 is 0. The molecule has 0 saturated carbocycles. The maximum atomic E-state index is 7.56. The first-order valence-corrected chi connectivity index (χ1v) is 5.27. The van der Waals surface area contributed by atoms with E-state index in [0.29, 0.717) is 11.7 Å². The maximum Gasteiger partial charge on any atom is 0.247 e. The van der Waals surface area contributed by atoms with Gasteiger partial charge < -0.3 is 15.8 Å². The molecular weight excluding hydrogens is 232 g/mol. The van der Waals surface area contributed by atoms with Gasteiger partial charge in [0.1, 0.15) is 5.75 Å². The van der Waals surface area contributed by atoms with Gasteiger partial charge in [0, 0.05) is 7.05 Å². The van der Waals surface area contributed by atoms with Crippen LogP contribution in [0.2, 0.25) is 0 Å². The van der Waals surface area contributed by atoms with Gasteiger partial charge in [0.15, 0.2) is 11.3 Å². The van der Waals surface area contributed by atoms with Gasteiger partial charge >= 0.3 is 0 Å². The molecule has 4 N–H and O–H groups in total. The summed E-state index contributed by atoms with van der Waals surface area (Å²) in [5, 5.41) is 14.6. The number of ether oxygens (including phenoxy) is 1. The third-order valence-corrected chi connectivity index (χ3v) is 2.39. The Morgan fingerprint density at radius 1 is 1.39 bits per heavy atom. The molecule has 1 aromatic carbocycles. The average molecular weight is 246 g/mol. The van der Waals surface area contributed by atoms with Gasteiger partial charge in [-0.25, -0.2) is 4.68 Å². The molecule has 0 amide bonds. The molecule has 94 valence electrons. The van der Waals surface area contributed by atoms with Crippen molar-refractivity contribution >= 4 is 17.5 Å². The number of rotatable bonds is 3. The van der Waals surface area contributed by atoms with E-state index in [0.717, 1.165) is 5.69 Å². The molecule has 0 aliphatic heterocycles. The van der Waals surface area contributed by atoms with Crippen molar-refractivity contribution in [1.29, 1.82) is 5.41 Å². The second kappa shape index (κ2) is 4.74. The number of methoxy groups -OCH3 is 1. The molecule has 0 atom stereocenters. The van der Waals surface area contributed by atoms with Crippen LogP contribution in [-0.4, -0.2) is 21.9 Å². The van der Waals surface area contributed by atoms with Crippen LogP contribution in [0.5, 0.6) is 5.75 Å². The molecule has 0 spiro atoms. The highest BCUT2D eigenvalue weighted by Crippen LogP contribution is 2.25. The smallest absolute Gasteiger partial charge is 0.247 e. The summed E-state index contributed by atoms with van der Waals surface area (Å²) in [7, 11) is 3.22. The highest BCUT2D eigenvalue weighted by Gasteiger charge is 2.06. The summed E-state index contributed by atoms with van der Waals surface area (Å²) in [6.45, 7) is 0. The number of aryl methyl sites for hydroxylation is 1. The summed E-state index contributed by atoms with van der Waals surface area (Å²) < 4.78 is 6.56. The zero-order valence-electron chi connectivity index (χ0n) is 10.1. The van der Waals surface area contributed by atoms with E-state index in [1.165, 1.54) is 4.68 Å². The topological polar surface area (TPSA) is 102 Å². The average Bonchev–Trinajstić information content (AvgIpc) is 2.36. The third-order valence-electron chi connectivity index (χ3n) is 2.39. The lowest BCUT2D eigenvalue weighted by Crippen LogP contribution is -2.25. The van der Waals surface area contributed by atoms with E-state index >= 15 is 0 Å². The Morgan fingerprint density at radius 2 is 2.11 bits per heavy atom. The molecule has 0 unspecified atom stereocenters. The fraction of sp³-hybridized carbons (Fsp3) is 0.182. The minimum atomic E-state index is 0.0700. The molecular formula is C11H14N6O. The van der Waals surface area contributed by atoms with Crippen molar-refractivity contribution in [3.8, 4) is 5.75 Å². The molecule has 0 bridgehead atoms. The van der Waals surface area contributed by atoms with E-state index in [9.17, 15) is 0 Å². The first-order chi connectivity index (χ1) is 8.61. The van der Waals surface area contributed by atoms with Crippen LogP contribution < -0.4 is 21.3 Å². The van der Waals surface area contributed by atoms with Crippen LogP contribution in [0, 0.1) is 5.41 Å². The largest absolute Gasteiger partial charge is 0.495 e. The minimum absolute atomic E-state index is 0.0700. The van der Waals surface area contributed by atoms with Crippen LogP contribution in [-0.2, 0) is 7.05 Å². The van der Waals surface area contributed by atoms with Gasteiger partial charge in [0.05, 0.1) is 12.8 Å². The molecule has 2 rings (SSSR count). The van der Waals surface area contributed by atoms with E-state index in [-0.39, 0.29) is 11.3 Å². The number of anilines is 3. The van der Waals surface area contributed by atoms with E-state index < -0.39 is 0 Å². The molecule has 0 aliphatic rings. The summed E-state index contributed by atoms with van der Waals surface area (Å²) in [4.78, 5) is 4.00. The van der Waals surface area contributed by atoms with Gasteiger partial charge in [-0.05, 0) is 12.1 Å². The fourth-order valence-electron chi connectivity index (χ4n) is 1.47. The van der Waals surface area contributed by atoms with Crippen LogP contribution in [0.1, 0.15) is 0 Å². The molecule has 0 radical (unpaired) electrons. The lowest BCUT2D eigenvalue weighted by atomic mass is 10.3. The zero-order chi connectivity index (χ0) is 13.1. The van der Waals surface area contributed by atoms with Crippen LogP contribution >= 0.6 is 0 Å². The monoisotopic (exact) mass is 246 g/mol. The van der Waals surface area contributed by atoms with Gasteiger partial charge in [0.2, 0.25) is 5.95 Å². The molecule has 18 heavy (non-hydrogen) atoms. The number of para-hydroxylation sites is 2. The molecule has 1 aromatic heterocycles. The number of hydrogen-bond acceptors (Lipinski definition) is 6. The Bertz CT molecular complexity index is 595. The Morgan fingerprint density at radius 3 is 2.78 bits per heavy atom. The lowest BCUT2D eigenvalue weighted by molar-refractivity contribution is 0.416. The maximum absolute atomic E-state index is 7.56. The number of nitrogens with two attached hydrogens (primary N) is 1. The zero-order valence-corrected chi connectivity index (χ0v) is 10.1. The summed E-state index contributed by atoms with van der Waals surface area (Å²) in [6, 6.07) is 7.40. The van der Waals surface area contributed by atoms with Crippen molar-refractivity contribution < 1.29 is 4.74 Å². The van der Waals surface area contributed by atoms with Gasteiger partial charge in [-0.3, -0.25) is 5.41 Å². The van der Waals surface area contributed by atoms with Crippen molar-refractivity contribution in [3.05, 3.63) is 29.8 Å². The number of aromatic nitrogens is 3. The highest BCUT2D eigenvalue weighted by molar-refractivity contribution is 5.62. The van der Waals surface area contributed by atoms with Crippen molar-refractivity contribution in [1.82, 2.24) is 14.8 Å². The first-order valence-electron chi connectivity index (χ1n) is 5.27. The van der Waals surface area contributed by atoms with Crippen LogP contribution in [0.3, 0.4) is 0 Å².